The second-order valence-corrected chi connectivity index (χ2v) is 7.32. The Morgan fingerprint density at radius 2 is 2.00 bits per heavy atom. The van der Waals surface area contributed by atoms with Gasteiger partial charge in [-0.1, -0.05) is 41.4 Å². The summed E-state index contributed by atoms with van der Waals surface area (Å²) in [5.41, 5.74) is 5.13. The second kappa shape index (κ2) is 10.1. The third kappa shape index (κ3) is 6.09. The monoisotopic (exact) mass is 439 g/mol. The van der Waals surface area contributed by atoms with Gasteiger partial charge in [-0.15, -0.1) is 0 Å². The average molecular weight is 440 g/mol. The Labute approximate surface area is 185 Å². The summed E-state index contributed by atoms with van der Waals surface area (Å²) in [6.45, 7) is 4.93. The first-order valence-corrected chi connectivity index (χ1v) is 10.2. The molecule has 0 atom stereocenters. The van der Waals surface area contributed by atoms with Crippen molar-refractivity contribution in [2.75, 3.05) is 36.6 Å². The Kier molecular flexibility index (Phi) is 6.85. The summed E-state index contributed by atoms with van der Waals surface area (Å²) < 4.78 is 11.2. The number of hydrogen-bond donors (Lipinski definition) is 1. The molecule has 0 aliphatic carbocycles. The SMILES string of the molecule is Cc1cccc(/C=N/Nc2cc(N3CCOCC3)nc(OCc3ncc(Cl)cn3)n2)c1. The van der Waals surface area contributed by atoms with Crippen molar-refractivity contribution in [1.82, 2.24) is 19.9 Å². The Bertz CT molecular complexity index is 1040. The maximum atomic E-state index is 5.83. The molecule has 4 rings (SSSR count). The van der Waals surface area contributed by atoms with Crippen LogP contribution in [0.5, 0.6) is 6.01 Å². The number of aromatic nitrogens is 4. The van der Waals surface area contributed by atoms with Gasteiger partial charge in [-0.3, -0.25) is 5.43 Å². The Morgan fingerprint density at radius 1 is 1.19 bits per heavy atom. The zero-order chi connectivity index (χ0) is 21.5. The molecule has 0 radical (unpaired) electrons. The lowest BCUT2D eigenvalue weighted by atomic mass is 10.2. The van der Waals surface area contributed by atoms with Crippen LogP contribution in [0.3, 0.4) is 0 Å². The highest BCUT2D eigenvalue weighted by atomic mass is 35.5. The number of aryl methyl sites for hydroxylation is 1. The van der Waals surface area contributed by atoms with Crippen molar-refractivity contribution < 1.29 is 9.47 Å². The zero-order valence-electron chi connectivity index (χ0n) is 17.0. The van der Waals surface area contributed by atoms with E-state index in [1.807, 2.05) is 37.3 Å². The minimum Gasteiger partial charge on any atom is -0.455 e. The van der Waals surface area contributed by atoms with Gasteiger partial charge in [0, 0.05) is 31.5 Å². The fraction of sp³-hybridized carbons (Fsp3) is 0.286. The van der Waals surface area contributed by atoms with Crippen LogP contribution in [0.25, 0.3) is 0 Å². The summed E-state index contributed by atoms with van der Waals surface area (Å²) in [5.74, 6) is 1.74. The summed E-state index contributed by atoms with van der Waals surface area (Å²) in [6.07, 6.45) is 4.78. The van der Waals surface area contributed by atoms with Crippen molar-refractivity contribution in [2.45, 2.75) is 13.5 Å². The van der Waals surface area contributed by atoms with Crippen molar-refractivity contribution in [3.8, 4) is 6.01 Å². The van der Waals surface area contributed by atoms with E-state index in [-0.39, 0.29) is 12.6 Å². The number of halogens is 1. The van der Waals surface area contributed by atoms with E-state index in [9.17, 15) is 0 Å². The average Bonchev–Trinajstić information content (AvgIpc) is 2.79. The molecule has 0 saturated carbocycles. The number of ether oxygens (including phenoxy) is 2. The first kappa shape index (κ1) is 21.0. The van der Waals surface area contributed by atoms with E-state index in [1.54, 1.807) is 6.21 Å². The van der Waals surface area contributed by atoms with Crippen LogP contribution in [0.2, 0.25) is 5.02 Å². The van der Waals surface area contributed by atoms with Gasteiger partial charge in [-0.05, 0) is 12.5 Å². The molecule has 0 amide bonds. The normalized spacial score (nSPS) is 14.1. The van der Waals surface area contributed by atoms with Crippen molar-refractivity contribution in [3.63, 3.8) is 0 Å². The second-order valence-electron chi connectivity index (χ2n) is 6.88. The zero-order valence-corrected chi connectivity index (χ0v) is 17.8. The fourth-order valence-electron chi connectivity index (χ4n) is 2.96. The molecule has 3 heterocycles. The number of hydrogen-bond acceptors (Lipinski definition) is 9. The first-order valence-electron chi connectivity index (χ1n) is 9.82. The van der Waals surface area contributed by atoms with Gasteiger partial charge < -0.3 is 14.4 Å². The lowest BCUT2D eigenvalue weighted by Crippen LogP contribution is -2.36. The molecule has 2 aromatic heterocycles. The molecule has 0 spiro atoms. The number of anilines is 2. The Hall–Kier alpha value is -3.30. The summed E-state index contributed by atoms with van der Waals surface area (Å²) >= 11 is 5.83. The van der Waals surface area contributed by atoms with Crippen LogP contribution < -0.4 is 15.1 Å². The Balaban J connectivity index is 1.51. The number of morpholine rings is 1. The highest BCUT2D eigenvalue weighted by Crippen LogP contribution is 2.21. The molecule has 1 aliphatic rings. The van der Waals surface area contributed by atoms with E-state index < -0.39 is 0 Å². The van der Waals surface area contributed by atoms with E-state index >= 15 is 0 Å². The fourth-order valence-corrected chi connectivity index (χ4v) is 3.05. The van der Waals surface area contributed by atoms with Crippen LogP contribution in [0.15, 0.2) is 47.8 Å². The van der Waals surface area contributed by atoms with Crippen LogP contribution in [0.4, 0.5) is 11.6 Å². The molecule has 1 N–H and O–H groups in total. The minimum atomic E-state index is 0.121. The maximum absolute atomic E-state index is 5.83. The van der Waals surface area contributed by atoms with Crippen molar-refractivity contribution >= 4 is 29.5 Å². The number of rotatable bonds is 7. The summed E-state index contributed by atoms with van der Waals surface area (Å²) in [5, 5.41) is 4.77. The number of benzene rings is 1. The van der Waals surface area contributed by atoms with E-state index in [0.717, 1.165) is 24.5 Å². The molecule has 1 saturated heterocycles. The Morgan fingerprint density at radius 3 is 2.77 bits per heavy atom. The van der Waals surface area contributed by atoms with Gasteiger partial charge >= 0.3 is 6.01 Å². The molecule has 10 heteroatoms. The van der Waals surface area contributed by atoms with E-state index in [0.29, 0.717) is 29.9 Å². The maximum Gasteiger partial charge on any atom is 0.320 e. The highest BCUT2D eigenvalue weighted by Gasteiger charge is 2.16. The van der Waals surface area contributed by atoms with Gasteiger partial charge in [0.1, 0.15) is 5.82 Å². The largest absolute Gasteiger partial charge is 0.455 e. The number of hydrazone groups is 1. The predicted octanol–water partition coefficient (Wildman–Crippen LogP) is 3.09. The molecule has 160 valence electrons. The van der Waals surface area contributed by atoms with E-state index in [4.69, 9.17) is 21.1 Å². The van der Waals surface area contributed by atoms with Crippen LogP contribution in [0, 0.1) is 6.92 Å². The third-order valence-electron chi connectivity index (χ3n) is 4.47. The van der Waals surface area contributed by atoms with Gasteiger partial charge in [-0.2, -0.15) is 15.1 Å². The molecule has 1 aromatic carbocycles. The molecular formula is C21H22ClN7O2. The molecule has 0 bridgehead atoms. The quantitative estimate of drug-likeness (QED) is 0.443. The third-order valence-corrected chi connectivity index (χ3v) is 4.66. The topological polar surface area (TPSA) is 97.7 Å². The van der Waals surface area contributed by atoms with Crippen molar-refractivity contribution in [3.05, 3.63) is 64.7 Å². The van der Waals surface area contributed by atoms with Crippen LogP contribution in [-0.2, 0) is 11.3 Å². The molecule has 1 aliphatic heterocycles. The van der Waals surface area contributed by atoms with E-state index in [1.165, 1.54) is 18.0 Å². The molecule has 31 heavy (non-hydrogen) atoms. The summed E-state index contributed by atoms with van der Waals surface area (Å²) in [7, 11) is 0. The highest BCUT2D eigenvalue weighted by molar-refractivity contribution is 6.30. The van der Waals surface area contributed by atoms with Crippen molar-refractivity contribution in [2.24, 2.45) is 5.10 Å². The van der Waals surface area contributed by atoms with Gasteiger partial charge in [0.2, 0.25) is 0 Å². The predicted molar refractivity (Wildman–Crippen MR) is 119 cm³/mol. The molecule has 0 unspecified atom stereocenters. The number of nitrogens with one attached hydrogen (secondary N) is 1. The first-order chi connectivity index (χ1) is 15.2. The molecule has 1 fully saturated rings. The molecule has 3 aromatic rings. The van der Waals surface area contributed by atoms with Crippen LogP contribution >= 0.6 is 11.6 Å². The minimum absolute atomic E-state index is 0.121. The van der Waals surface area contributed by atoms with Gasteiger partial charge in [0.05, 0.1) is 24.5 Å². The lowest BCUT2D eigenvalue weighted by Gasteiger charge is -2.28. The van der Waals surface area contributed by atoms with E-state index in [2.05, 4.69) is 35.4 Å². The van der Waals surface area contributed by atoms with Crippen LogP contribution in [0.1, 0.15) is 17.0 Å². The standard InChI is InChI=1S/C21H22ClN7O2/c1-15-3-2-4-16(9-15)11-25-28-18-10-20(29-5-7-30-8-6-29)27-21(26-18)31-14-19-23-12-17(22)13-24-19/h2-4,9-13H,5-8,14H2,1H3,(H,26,27,28)/b25-11+. The van der Waals surface area contributed by atoms with Gasteiger partial charge in [0.25, 0.3) is 0 Å². The lowest BCUT2D eigenvalue weighted by molar-refractivity contribution is 0.122. The number of nitrogens with zero attached hydrogens (tertiary/aromatic N) is 6. The van der Waals surface area contributed by atoms with Gasteiger partial charge in [-0.25, -0.2) is 9.97 Å². The summed E-state index contributed by atoms with van der Waals surface area (Å²) in [6, 6.07) is 10.1. The smallest absolute Gasteiger partial charge is 0.320 e. The van der Waals surface area contributed by atoms with Crippen LogP contribution in [-0.4, -0.2) is 52.5 Å². The van der Waals surface area contributed by atoms with Crippen molar-refractivity contribution in [1.29, 1.82) is 0 Å². The summed E-state index contributed by atoms with van der Waals surface area (Å²) in [4.78, 5) is 19.3. The van der Waals surface area contributed by atoms with Gasteiger partial charge in [0.15, 0.2) is 18.2 Å². The molecular weight excluding hydrogens is 418 g/mol. The molecule has 9 nitrogen and oxygen atoms in total.